The Bertz CT molecular complexity index is 354. The van der Waals surface area contributed by atoms with E-state index < -0.39 is 6.10 Å². The Morgan fingerprint density at radius 2 is 2.29 bits per heavy atom. The van der Waals surface area contributed by atoms with Gasteiger partial charge in [0.05, 0.1) is 24.6 Å². The number of hydrogen-bond acceptors (Lipinski definition) is 5. The first kappa shape index (κ1) is 9.36. The summed E-state index contributed by atoms with van der Waals surface area (Å²) in [5, 5.41) is 12.8. The molecule has 0 aromatic carbocycles. The van der Waals surface area contributed by atoms with Gasteiger partial charge in [0, 0.05) is 18.7 Å². The van der Waals surface area contributed by atoms with Crippen LogP contribution in [-0.2, 0) is 6.54 Å². The topological polar surface area (TPSA) is 67.3 Å². The van der Waals surface area contributed by atoms with E-state index in [9.17, 15) is 5.11 Å². The third-order valence-corrected chi connectivity index (χ3v) is 2.34. The van der Waals surface area contributed by atoms with Crippen LogP contribution in [0.25, 0.3) is 0 Å². The number of aryl methyl sites for hydroxylation is 1. The predicted octanol–water partition coefficient (Wildman–Crippen LogP) is -0.0698. The van der Waals surface area contributed by atoms with Crippen LogP contribution in [-0.4, -0.2) is 28.7 Å². The van der Waals surface area contributed by atoms with Gasteiger partial charge in [0.25, 0.3) is 0 Å². The quantitative estimate of drug-likeness (QED) is 0.656. The van der Waals surface area contributed by atoms with Crippen molar-refractivity contribution in [2.24, 2.45) is 0 Å². The lowest BCUT2D eigenvalue weighted by atomic mass is 10.0. The molecule has 2 rings (SSSR count). The average molecular weight is 195 g/mol. The number of nitrogens with one attached hydrogen (secondary N) is 1. The second-order valence-electron chi connectivity index (χ2n) is 3.30. The molecule has 1 aliphatic heterocycles. The summed E-state index contributed by atoms with van der Waals surface area (Å²) in [5.41, 5.74) is 2.46. The van der Waals surface area contributed by atoms with Crippen LogP contribution < -0.4 is 10.1 Å². The Morgan fingerprint density at radius 1 is 1.50 bits per heavy atom. The summed E-state index contributed by atoms with van der Waals surface area (Å²) in [5.74, 6) is 0. The Morgan fingerprint density at radius 3 is 3.00 bits per heavy atom. The molecule has 5 heteroatoms. The zero-order chi connectivity index (χ0) is 10.1. The van der Waals surface area contributed by atoms with Crippen LogP contribution in [0.2, 0.25) is 0 Å². The second-order valence-corrected chi connectivity index (χ2v) is 3.30. The maximum absolute atomic E-state index is 9.72. The fourth-order valence-corrected chi connectivity index (χ4v) is 1.70. The van der Waals surface area contributed by atoms with Crippen LogP contribution >= 0.6 is 0 Å². The van der Waals surface area contributed by atoms with E-state index in [1.165, 1.54) is 7.11 Å². The molecule has 1 atom stereocenters. The number of hydrogen-bond donors (Lipinski definition) is 2. The minimum absolute atomic E-state index is 0.358. The first-order valence-corrected chi connectivity index (χ1v) is 4.52. The highest BCUT2D eigenvalue weighted by Gasteiger charge is 2.22. The van der Waals surface area contributed by atoms with Crippen molar-refractivity contribution >= 4 is 0 Å². The van der Waals surface area contributed by atoms with Crippen molar-refractivity contribution in [2.45, 2.75) is 19.6 Å². The summed E-state index contributed by atoms with van der Waals surface area (Å²) >= 11 is 0. The fraction of sp³-hybridized carbons (Fsp3) is 0.556. The van der Waals surface area contributed by atoms with Gasteiger partial charge in [-0.05, 0) is 6.92 Å². The zero-order valence-electron chi connectivity index (χ0n) is 8.24. The molecule has 14 heavy (non-hydrogen) atoms. The van der Waals surface area contributed by atoms with Gasteiger partial charge in [-0.1, -0.05) is 0 Å². The van der Waals surface area contributed by atoms with Gasteiger partial charge in [-0.15, -0.1) is 0 Å². The molecule has 1 aromatic heterocycles. The summed E-state index contributed by atoms with van der Waals surface area (Å²) in [6.07, 6.45) is -0.510. The molecule has 0 fully saturated rings. The molecule has 0 radical (unpaired) electrons. The van der Waals surface area contributed by atoms with Gasteiger partial charge in [-0.3, -0.25) is 0 Å². The number of fused-ring (bicyclic) bond motifs is 1. The van der Waals surface area contributed by atoms with Gasteiger partial charge in [0.1, 0.15) is 0 Å². The van der Waals surface area contributed by atoms with E-state index in [1.54, 1.807) is 0 Å². The van der Waals surface area contributed by atoms with Gasteiger partial charge in [-0.2, -0.15) is 4.98 Å². The Kier molecular flexibility index (Phi) is 2.35. The minimum atomic E-state index is -0.510. The second kappa shape index (κ2) is 3.51. The lowest BCUT2D eigenvalue weighted by Crippen LogP contribution is -2.30. The molecule has 0 amide bonds. The average Bonchev–Trinajstić information content (AvgIpc) is 2.17. The zero-order valence-corrected chi connectivity index (χ0v) is 8.24. The van der Waals surface area contributed by atoms with Gasteiger partial charge in [0.15, 0.2) is 0 Å². The molecule has 1 aromatic rings. The monoisotopic (exact) mass is 195 g/mol. The Labute approximate surface area is 82.1 Å². The van der Waals surface area contributed by atoms with E-state index in [-0.39, 0.29) is 0 Å². The molecular formula is C9H13N3O2. The number of methoxy groups -OCH3 is 1. The van der Waals surface area contributed by atoms with Gasteiger partial charge in [-0.25, -0.2) is 4.98 Å². The molecule has 0 saturated heterocycles. The van der Waals surface area contributed by atoms with E-state index >= 15 is 0 Å². The van der Waals surface area contributed by atoms with E-state index in [1.807, 2.05) is 6.92 Å². The van der Waals surface area contributed by atoms with Crippen molar-refractivity contribution in [3.05, 3.63) is 17.0 Å². The van der Waals surface area contributed by atoms with E-state index in [0.717, 1.165) is 17.0 Å². The van der Waals surface area contributed by atoms with Crippen LogP contribution in [0, 0.1) is 6.92 Å². The first-order chi connectivity index (χ1) is 6.72. The highest BCUT2D eigenvalue weighted by Crippen LogP contribution is 2.24. The third kappa shape index (κ3) is 1.44. The van der Waals surface area contributed by atoms with Crippen molar-refractivity contribution in [3.63, 3.8) is 0 Å². The fourth-order valence-electron chi connectivity index (χ4n) is 1.70. The molecule has 76 valence electrons. The van der Waals surface area contributed by atoms with Crippen molar-refractivity contribution in [1.82, 2.24) is 15.3 Å². The molecule has 0 aliphatic carbocycles. The van der Waals surface area contributed by atoms with Crippen molar-refractivity contribution in [1.29, 1.82) is 0 Å². The van der Waals surface area contributed by atoms with Crippen LogP contribution in [0.5, 0.6) is 6.01 Å². The van der Waals surface area contributed by atoms with Crippen molar-refractivity contribution in [2.75, 3.05) is 13.7 Å². The largest absolute Gasteiger partial charge is 0.467 e. The number of aliphatic hydroxyl groups excluding tert-OH is 1. The number of β-amino-alcohol motifs (C(OH)–C–C–N with tert-alkyl or cyclic N) is 1. The number of ether oxygens (including phenoxy) is 1. The summed E-state index contributed by atoms with van der Waals surface area (Å²) < 4.78 is 4.96. The van der Waals surface area contributed by atoms with Crippen LogP contribution in [0.4, 0.5) is 0 Å². The normalized spacial score (nSPS) is 20.4. The summed E-state index contributed by atoms with van der Waals surface area (Å²) in [6, 6.07) is 0.358. The van der Waals surface area contributed by atoms with Crippen molar-refractivity contribution < 1.29 is 9.84 Å². The molecule has 1 aliphatic rings. The number of aliphatic hydroxyl groups is 1. The van der Waals surface area contributed by atoms with E-state index in [0.29, 0.717) is 19.1 Å². The summed E-state index contributed by atoms with van der Waals surface area (Å²) in [7, 11) is 1.54. The standard InChI is InChI=1S/C9H13N3O2/c1-5-8-6(3-10-4-7(8)13)12-9(11-5)14-2/h7,10,13H,3-4H2,1-2H3. The maximum Gasteiger partial charge on any atom is 0.316 e. The Balaban J connectivity index is 2.51. The Hall–Kier alpha value is -1.20. The molecule has 0 spiro atoms. The van der Waals surface area contributed by atoms with E-state index in [4.69, 9.17) is 4.74 Å². The number of rotatable bonds is 1. The maximum atomic E-state index is 9.72. The summed E-state index contributed by atoms with van der Waals surface area (Å²) in [6.45, 7) is 3.08. The lowest BCUT2D eigenvalue weighted by Gasteiger charge is -2.22. The highest BCUT2D eigenvalue weighted by atomic mass is 16.5. The predicted molar refractivity (Wildman–Crippen MR) is 50.0 cm³/mol. The smallest absolute Gasteiger partial charge is 0.316 e. The number of aromatic nitrogens is 2. The molecule has 0 bridgehead atoms. The van der Waals surface area contributed by atoms with Crippen LogP contribution in [0.15, 0.2) is 0 Å². The molecule has 1 unspecified atom stereocenters. The van der Waals surface area contributed by atoms with Crippen molar-refractivity contribution in [3.8, 4) is 6.01 Å². The number of nitrogens with zero attached hydrogens (tertiary/aromatic N) is 2. The molecule has 5 nitrogen and oxygen atoms in total. The van der Waals surface area contributed by atoms with Crippen LogP contribution in [0.1, 0.15) is 23.1 Å². The van der Waals surface area contributed by atoms with E-state index in [2.05, 4.69) is 15.3 Å². The molecule has 2 heterocycles. The SMILES string of the molecule is COc1nc(C)c2c(n1)CNCC2O. The van der Waals surface area contributed by atoms with Gasteiger partial charge < -0.3 is 15.2 Å². The third-order valence-electron chi connectivity index (χ3n) is 2.34. The highest BCUT2D eigenvalue weighted by molar-refractivity contribution is 5.30. The van der Waals surface area contributed by atoms with Gasteiger partial charge in [0.2, 0.25) is 0 Å². The lowest BCUT2D eigenvalue weighted by molar-refractivity contribution is 0.161. The van der Waals surface area contributed by atoms with Gasteiger partial charge >= 0.3 is 6.01 Å². The minimum Gasteiger partial charge on any atom is -0.467 e. The molecular weight excluding hydrogens is 182 g/mol. The first-order valence-electron chi connectivity index (χ1n) is 4.52. The molecule has 0 saturated carbocycles. The molecule has 2 N–H and O–H groups in total. The summed E-state index contributed by atoms with van der Waals surface area (Å²) in [4.78, 5) is 8.32. The van der Waals surface area contributed by atoms with Crippen LogP contribution in [0.3, 0.4) is 0 Å².